The molecule has 6 nitrogen and oxygen atoms in total. The average Bonchev–Trinajstić information content (AvgIpc) is 2.38. The number of aliphatic hydroxyl groups is 1. The topological polar surface area (TPSA) is 70.1 Å². The zero-order valence-corrected chi connectivity index (χ0v) is 12.4. The van der Waals surface area contributed by atoms with Gasteiger partial charge in [0.25, 0.3) is 10.2 Å². The molecule has 0 heterocycles. The molecule has 19 heavy (non-hydrogen) atoms. The fourth-order valence-corrected chi connectivity index (χ4v) is 2.46. The van der Waals surface area contributed by atoms with Crippen LogP contribution in [0.4, 0.5) is 0 Å². The smallest absolute Gasteiger partial charge is 0.281 e. The molecular weight excluding hydrogens is 268 g/mol. The van der Waals surface area contributed by atoms with E-state index in [1.807, 2.05) is 0 Å². The number of benzene rings is 1. The van der Waals surface area contributed by atoms with Gasteiger partial charge in [0.2, 0.25) is 0 Å². The lowest BCUT2D eigenvalue weighted by Gasteiger charge is -2.24. The van der Waals surface area contributed by atoms with Gasteiger partial charge in [0, 0.05) is 27.7 Å². The van der Waals surface area contributed by atoms with E-state index in [4.69, 9.17) is 4.74 Å². The lowest BCUT2D eigenvalue weighted by molar-refractivity contribution is 0.153. The molecule has 0 aliphatic heterocycles. The number of hydrogen-bond acceptors (Lipinski definition) is 4. The summed E-state index contributed by atoms with van der Waals surface area (Å²) in [5, 5.41) is 10.1. The van der Waals surface area contributed by atoms with Crippen molar-refractivity contribution in [3.63, 3.8) is 0 Å². The first-order valence-corrected chi connectivity index (χ1v) is 7.14. The van der Waals surface area contributed by atoms with E-state index in [1.165, 1.54) is 28.3 Å². The van der Waals surface area contributed by atoms with Crippen molar-refractivity contribution in [3.8, 4) is 5.75 Å². The summed E-state index contributed by atoms with van der Waals surface area (Å²) in [4.78, 5) is 0. The molecule has 1 rings (SSSR count). The standard InChI is InChI=1S/C12H20N2O4S/c1-13(2)19(16,17)14(3)9-12(15)10-6-5-7-11(8-10)18-4/h5-8,12,15H,9H2,1-4H3. The van der Waals surface area contributed by atoms with Gasteiger partial charge >= 0.3 is 0 Å². The summed E-state index contributed by atoms with van der Waals surface area (Å²) in [6.45, 7) is -0.0202. The number of likely N-dealkylation sites (N-methyl/N-ethyl adjacent to an activating group) is 1. The molecule has 0 radical (unpaired) electrons. The van der Waals surface area contributed by atoms with E-state index in [9.17, 15) is 13.5 Å². The third kappa shape index (κ3) is 3.90. The Balaban J connectivity index is 2.82. The first kappa shape index (κ1) is 15.9. The predicted octanol–water partition coefficient (Wildman–Crippen LogP) is 0.467. The summed E-state index contributed by atoms with van der Waals surface area (Å²) in [6.07, 6.45) is -0.908. The largest absolute Gasteiger partial charge is 0.497 e. The Morgan fingerprint density at radius 3 is 2.47 bits per heavy atom. The van der Waals surface area contributed by atoms with Crippen molar-refractivity contribution in [1.82, 2.24) is 8.61 Å². The van der Waals surface area contributed by atoms with Crippen LogP contribution in [-0.2, 0) is 10.2 Å². The Bertz CT molecular complexity index is 516. The highest BCUT2D eigenvalue weighted by Gasteiger charge is 2.23. The number of rotatable bonds is 6. The monoisotopic (exact) mass is 288 g/mol. The van der Waals surface area contributed by atoms with Crippen LogP contribution in [0.1, 0.15) is 11.7 Å². The molecule has 0 aromatic heterocycles. The summed E-state index contributed by atoms with van der Waals surface area (Å²) in [5.74, 6) is 0.620. The quantitative estimate of drug-likeness (QED) is 0.826. The molecule has 0 fully saturated rings. The molecule has 1 aromatic rings. The maximum absolute atomic E-state index is 11.8. The second kappa shape index (κ2) is 6.33. The summed E-state index contributed by atoms with van der Waals surface area (Å²) < 4.78 is 30.9. The third-order valence-electron chi connectivity index (χ3n) is 2.76. The van der Waals surface area contributed by atoms with E-state index in [2.05, 4.69) is 0 Å². The third-order valence-corrected chi connectivity index (χ3v) is 4.62. The number of aliphatic hydroxyl groups excluding tert-OH is 1. The number of nitrogens with zero attached hydrogens (tertiary/aromatic N) is 2. The van der Waals surface area contributed by atoms with Gasteiger partial charge in [0.1, 0.15) is 5.75 Å². The second-order valence-corrected chi connectivity index (χ2v) is 6.61. The van der Waals surface area contributed by atoms with E-state index in [0.717, 1.165) is 8.61 Å². The van der Waals surface area contributed by atoms with Gasteiger partial charge in [-0.3, -0.25) is 0 Å². The first-order valence-electron chi connectivity index (χ1n) is 5.75. The van der Waals surface area contributed by atoms with Gasteiger partial charge < -0.3 is 9.84 Å². The van der Waals surface area contributed by atoms with E-state index >= 15 is 0 Å². The highest BCUT2D eigenvalue weighted by molar-refractivity contribution is 7.86. The fraction of sp³-hybridized carbons (Fsp3) is 0.500. The van der Waals surface area contributed by atoms with E-state index in [1.54, 1.807) is 24.3 Å². The average molecular weight is 288 g/mol. The van der Waals surface area contributed by atoms with Crippen molar-refractivity contribution in [3.05, 3.63) is 29.8 Å². The molecule has 0 aliphatic carbocycles. The molecule has 1 atom stereocenters. The molecule has 0 saturated carbocycles. The highest BCUT2D eigenvalue weighted by Crippen LogP contribution is 2.20. The van der Waals surface area contributed by atoms with Gasteiger partial charge in [-0.15, -0.1) is 0 Å². The summed E-state index contributed by atoms with van der Waals surface area (Å²) in [5.41, 5.74) is 0.611. The normalized spacial score (nSPS) is 13.8. The SMILES string of the molecule is COc1cccc(C(O)CN(C)S(=O)(=O)N(C)C)c1. The second-order valence-electron chi connectivity index (χ2n) is 4.36. The molecule has 1 unspecified atom stereocenters. The van der Waals surface area contributed by atoms with Gasteiger partial charge in [-0.25, -0.2) is 0 Å². The lowest BCUT2D eigenvalue weighted by atomic mass is 10.1. The Kier molecular flexibility index (Phi) is 5.30. The minimum absolute atomic E-state index is 0.0202. The van der Waals surface area contributed by atoms with Gasteiger partial charge in [0.15, 0.2) is 0 Å². The van der Waals surface area contributed by atoms with Crippen molar-refractivity contribution in [2.45, 2.75) is 6.10 Å². The summed E-state index contributed by atoms with van der Waals surface area (Å²) in [6, 6.07) is 6.92. The van der Waals surface area contributed by atoms with Gasteiger partial charge in [0.05, 0.1) is 13.2 Å². The van der Waals surface area contributed by atoms with Crippen molar-refractivity contribution >= 4 is 10.2 Å². The van der Waals surface area contributed by atoms with Crippen LogP contribution < -0.4 is 4.74 Å². The Hall–Kier alpha value is -1.15. The predicted molar refractivity (Wildman–Crippen MR) is 73.2 cm³/mol. The molecule has 0 spiro atoms. The molecule has 0 aliphatic rings. The number of ether oxygens (including phenoxy) is 1. The maximum Gasteiger partial charge on any atom is 0.281 e. The van der Waals surface area contributed by atoms with E-state index in [-0.39, 0.29) is 6.54 Å². The maximum atomic E-state index is 11.8. The molecule has 0 bridgehead atoms. The van der Waals surface area contributed by atoms with Crippen LogP contribution in [0.15, 0.2) is 24.3 Å². The molecule has 1 N–H and O–H groups in total. The molecule has 0 saturated heterocycles. The van der Waals surface area contributed by atoms with E-state index in [0.29, 0.717) is 11.3 Å². The van der Waals surface area contributed by atoms with Crippen molar-refractivity contribution < 1.29 is 18.3 Å². The highest BCUT2D eigenvalue weighted by atomic mass is 32.2. The first-order chi connectivity index (χ1) is 8.78. The van der Waals surface area contributed by atoms with Crippen molar-refractivity contribution in [2.24, 2.45) is 0 Å². The van der Waals surface area contributed by atoms with Crippen LogP contribution in [0.5, 0.6) is 5.75 Å². The molecule has 108 valence electrons. The Morgan fingerprint density at radius 2 is 1.95 bits per heavy atom. The van der Waals surface area contributed by atoms with E-state index < -0.39 is 16.3 Å². The summed E-state index contributed by atoms with van der Waals surface area (Å²) >= 11 is 0. The number of methoxy groups -OCH3 is 1. The zero-order valence-electron chi connectivity index (χ0n) is 11.6. The number of hydrogen-bond donors (Lipinski definition) is 1. The zero-order chi connectivity index (χ0) is 14.6. The minimum Gasteiger partial charge on any atom is -0.497 e. The fourth-order valence-electron chi connectivity index (χ4n) is 1.57. The Morgan fingerprint density at radius 1 is 1.32 bits per heavy atom. The van der Waals surface area contributed by atoms with Crippen LogP contribution in [0, 0.1) is 0 Å². The van der Waals surface area contributed by atoms with Crippen molar-refractivity contribution in [2.75, 3.05) is 34.8 Å². The van der Waals surface area contributed by atoms with Gasteiger partial charge in [-0.2, -0.15) is 17.0 Å². The molecular formula is C12H20N2O4S. The van der Waals surface area contributed by atoms with Crippen LogP contribution in [0.3, 0.4) is 0 Å². The van der Waals surface area contributed by atoms with Crippen LogP contribution in [-0.4, -0.2) is 56.9 Å². The molecule has 0 amide bonds. The van der Waals surface area contributed by atoms with Crippen LogP contribution in [0.25, 0.3) is 0 Å². The Labute approximate surface area is 114 Å². The minimum atomic E-state index is -3.52. The lowest BCUT2D eigenvalue weighted by Crippen LogP contribution is -2.39. The van der Waals surface area contributed by atoms with Gasteiger partial charge in [-0.05, 0) is 17.7 Å². The van der Waals surface area contributed by atoms with Crippen LogP contribution in [0.2, 0.25) is 0 Å². The molecule has 1 aromatic carbocycles. The summed E-state index contributed by atoms with van der Waals surface area (Å²) in [7, 11) is 2.34. The van der Waals surface area contributed by atoms with Gasteiger partial charge in [-0.1, -0.05) is 12.1 Å². The molecule has 7 heteroatoms. The van der Waals surface area contributed by atoms with Crippen LogP contribution >= 0.6 is 0 Å². The van der Waals surface area contributed by atoms with Crippen molar-refractivity contribution in [1.29, 1.82) is 0 Å².